The van der Waals surface area contributed by atoms with Crippen LogP contribution in [-0.4, -0.2) is 67.4 Å². The second kappa shape index (κ2) is 13.5. The van der Waals surface area contributed by atoms with Gasteiger partial charge in [0.2, 0.25) is 0 Å². The summed E-state index contributed by atoms with van der Waals surface area (Å²) in [4.78, 5) is 14.4. The molecule has 1 fully saturated rings. The predicted molar refractivity (Wildman–Crippen MR) is 147 cm³/mol. The van der Waals surface area contributed by atoms with Crippen molar-refractivity contribution < 1.29 is 24.1 Å². The Kier molecular flexibility index (Phi) is 10.7. The molecule has 3 atom stereocenters. The molecule has 0 radical (unpaired) electrons. The standard InChI is InChI=1S/C29H47N3O5/c1-6-7-8-9-10-14-29(15-16-30-24-12-11-22(35-5)20-23(24)29)25(33)21-32-18-13-26(31-17-19-32)36-27(34)37-28(2,3)4/h11-12,15-16,20,25-26,30-31,33H,6-10,13-14,17-19,21H2,1-5H3. The summed E-state index contributed by atoms with van der Waals surface area (Å²) in [6.45, 7) is 10.3. The number of nitrogens with one attached hydrogen (secondary N) is 2. The van der Waals surface area contributed by atoms with Crippen molar-refractivity contribution in [3.8, 4) is 5.75 Å². The highest BCUT2D eigenvalue weighted by atomic mass is 16.7. The minimum absolute atomic E-state index is 0.409. The summed E-state index contributed by atoms with van der Waals surface area (Å²) in [6.07, 6.45) is 9.79. The number of rotatable bonds is 11. The number of aliphatic hydroxyl groups is 1. The summed E-state index contributed by atoms with van der Waals surface area (Å²) in [5, 5.41) is 18.5. The van der Waals surface area contributed by atoms with Gasteiger partial charge in [0.25, 0.3) is 0 Å². The second-order valence-corrected chi connectivity index (χ2v) is 11.2. The van der Waals surface area contributed by atoms with Crippen molar-refractivity contribution in [2.45, 2.75) is 96.0 Å². The Bertz CT molecular complexity index is 900. The molecule has 1 aromatic carbocycles. The number of unbranched alkanes of at least 4 members (excludes halogenated alkanes) is 4. The Morgan fingerprint density at radius 2 is 2.00 bits per heavy atom. The smallest absolute Gasteiger partial charge is 0.497 e. The first-order valence-corrected chi connectivity index (χ1v) is 13.8. The number of methoxy groups -OCH3 is 1. The molecular weight excluding hydrogens is 470 g/mol. The number of β-amino-alcohol motifs (C(OH)–C–C–N with tert-alkyl or cyclic N) is 1. The van der Waals surface area contributed by atoms with Gasteiger partial charge < -0.3 is 24.6 Å². The van der Waals surface area contributed by atoms with Gasteiger partial charge in [0.15, 0.2) is 6.23 Å². The molecule has 3 N–H and O–H groups in total. The molecule has 208 valence electrons. The Hall–Kier alpha value is -2.29. The zero-order valence-corrected chi connectivity index (χ0v) is 23.3. The van der Waals surface area contributed by atoms with Gasteiger partial charge in [-0.2, -0.15) is 0 Å². The molecule has 0 aromatic heterocycles. The molecule has 2 aliphatic heterocycles. The quantitative estimate of drug-likeness (QED) is 0.274. The van der Waals surface area contributed by atoms with Crippen LogP contribution in [0, 0.1) is 0 Å². The first-order chi connectivity index (χ1) is 17.7. The number of aliphatic hydroxyl groups excluding tert-OH is 1. The van der Waals surface area contributed by atoms with Crippen molar-refractivity contribution in [2.24, 2.45) is 0 Å². The van der Waals surface area contributed by atoms with Gasteiger partial charge in [0, 0.05) is 43.7 Å². The molecule has 1 aromatic rings. The fourth-order valence-corrected chi connectivity index (χ4v) is 5.21. The third-order valence-electron chi connectivity index (χ3n) is 7.20. The molecule has 0 bridgehead atoms. The lowest BCUT2D eigenvalue weighted by atomic mass is 9.69. The van der Waals surface area contributed by atoms with Gasteiger partial charge in [-0.1, -0.05) is 45.1 Å². The maximum absolute atomic E-state index is 12.1. The van der Waals surface area contributed by atoms with Gasteiger partial charge in [-0.3, -0.25) is 10.2 Å². The lowest BCUT2D eigenvalue weighted by molar-refractivity contribution is -0.0345. The molecule has 37 heavy (non-hydrogen) atoms. The zero-order valence-electron chi connectivity index (χ0n) is 23.3. The highest BCUT2D eigenvalue weighted by molar-refractivity contribution is 5.63. The van der Waals surface area contributed by atoms with Gasteiger partial charge >= 0.3 is 6.16 Å². The van der Waals surface area contributed by atoms with Crippen molar-refractivity contribution in [3.63, 3.8) is 0 Å². The van der Waals surface area contributed by atoms with Crippen LogP contribution in [0.25, 0.3) is 0 Å². The van der Waals surface area contributed by atoms with E-state index in [4.69, 9.17) is 14.2 Å². The number of hydrogen-bond acceptors (Lipinski definition) is 8. The van der Waals surface area contributed by atoms with Crippen LogP contribution in [-0.2, 0) is 14.9 Å². The summed E-state index contributed by atoms with van der Waals surface area (Å²) in [6, 6.07) is 6.05. The van der Waals surface area contributed by atoms with Crippen LogP contribution in [0.3, 0.4) is 0 Å². The Morgan fingerprint density at radius 3 is 2.73 bits per heavy atom. The van der Waals surface area contributed by atoms with E-state index in [0.717, 1.165) is 42.8 Å². The molecule has 0 saturated carbocycles. The fourth-order valence-electron chi connectivity index (χ4n) is 5.21. The van der Waals surface area contributed by atoms with Crippen LogP contribution in [0.15, 0.2) is 30.5 Å². The number of anilines is 1. The summed E-state index contributed by atoms with van der Waals surface area (Å²) in [7, 11) is 1.68. The highest BCUT2D eigenvalue weighted by Gasteiger charge is 2.41. The number of carbonyl (C=O) groups is 1. The van der Waals surface area contributed by atoms with E-state index in [-0.39, 0.29) is 0 Å². The topological polar surface area (TPSA) is 92.3 Å². The number of hydrogen-bond donors (Lipinski definition) is 3. The predicted octanol–water partition coefficient (Wildman–Crippen LogP) is 5.17. The minimum Gasteiger partial charge on any atom is -0.497 e. The SMILES string of the molecule is CCCCCCCC1(C(O)CN2CCNC(OC(=O)OC(C)(C)C)CC2)C=CNc2ccc(OC)cc21. The Morgan fingerprint density at radius 1 is 1.22 bits per heavy atom. The largest absolute Gasteiger partial charge is 0.510 e. The van der Waals surface area contributed by atoms with Crippen LogP contribution in [0.5, 0.6) is 5.75 Å². The van der Waals surface area contributed by atoms with E-state index in [0.29, 0.717) is 26.1 Å². The molecule has 1 saturated heterocycles. The Labute approximate surface area is 222 Å². The van der Waals surface area contributed by atoms with E-state index < -0.39 is 29.5 Å². The lowest BCUT2D eigenvalue weighted by Gasteiger charge is -2.41. The van der Waals surface area contributed by atoms with Crippen molar-refractivity contribution >= 4 is 11.8 Å². The molecule has 2 heterocycles. The van der Waals surface area contributed by atoms with Crippen LogP contribution >= 0.6 is 0 Å². The maximum Gasteiger partial charge on any atom is 0.510 e. The third kappa shape index (κ3) is 8.35. The molecule has 0 spiro atoms. The van der Waals surface area contributed by atoms with E-state index in [1.165, 1.54) is 19.3 Å². The van der Waals surface area contributed by atoms with E-state index >= 15 is 0 Å². The summed E-state index contributed by atoms with van der Waals surface area (Å²) < 4.78 is 16.3. The Balaban J connectivity index is 1.70. The van der Waals surface area contributed by atoms with Gasteiger partial charge in [0.05, 0.1) is 13.2 Å². The van der Waals surface area contributed by atoms with Gasteiger partial charge in [-0.05, 0) is 57.2 Å². The van der Waals surface area contributed by atoms with Crippen LogP contribution < -0.4 is 15.4 Å². The van der Waals surface area contributed by atoms with Crippen LogP contribution in [0.2, 0.25) is 0 Å². The maximum atomic E-state index is 12.1. The molecule has 0 amide bonds. The number of fused-ring (bicyclic) bond motifs is 1. The highest BCUT2D eigenvalue weighted by Crippen LogP contribution is 2.44. The molecule has 2 aliphatic rings. The van der Waals surface area contributed by atoms with E-state index in [2.05, 4.69) is 34.6 Å². The summed E-state index contributed by atoms with van der Waals surface area (Å²) in [5.74, 6) is 0.791. The number of ether oxygens (including phenoxy) is 3. The normalized spacial score (nSPS) is 22.9. The van der Waals surface area contributed by atoms with Crippen molar-refractivity contribution in [3.05, 3.63) is 36.0 Å². The van der Waals surface area contributed by atoms with Gasteiger partial charge in [0.1, 0.15) is 11.4 Å². The summed E-state index contributed by atoms with van der Waals surface area (Å²) >= 11 is 0. The first-order valence-electron chi connectivity index (χ1n) is 13.8. The fraction of sp³-hybridized carbons (Fsp3) is 0.690. The van der Waals surface area contributed by atoms with E-state index in [1.807, 2.05) is 39.1 Å². The zero-order chi connectivity index (χ0) is 26.9. The molecule has 3 unspecified atom stereocenters. The molecule has 3 rings (SSSR count). The van der Waals surface area contributed by atoms with Crippen molar-refractivity contribution in [1.82, 2.24) is 10.2 Å². The number of benzene rings is 1. The molecule has 8 nitrogen and oxygen atoms in total. The average molecular weight is 518 g/mol. The lowest BCUT2D eigenvalue weighted by Crippen LogP contribution is -2.47. The summed E-state index contributed by atoms with van der Waals surface area (Å²) in [5.41, 5.74) is 0.994. The minimum atomic E-state index is -0.661. The second-order valence-electron chi connectivity index (χ2n) is 11.2. The van der Waals surface area contributed by atoms with E-state index in [1.54, 1.807) is 7.11 Å². The van der Waals surface area contributed by atoms with E-state index in [9.17, 15) is 9.90 Å². The van der Waals surface area contributed by atoms with Crippen LogP contribution in [0.4, 0.5) is 10.5 Å². The van der Waals surface area contributed by atoms with Gasteiger partial charge in [-0.25, -0.2) is 4.79 Å². The van der Waals surface area contributed by atoms with Crippen LogP contribution in [0.1, 0.15) is 78.2 Å². The third-order valence-corrected chi connectivity index (χ3v) is 7.20. The molecular formula is C29H47N3O5. The molecule has 8 heteroatoms. The first kappa shape index (κ1) is 29.3. The van der Waals surface area contributed by atoms with Gasteiger partial charge in [-0.15, -0.1) is 0 Å². The number of nitrogens with zero attached hydrogens (tertiary/aromatic N) is 1. The van der Waals surface area contributed by atoms with Crippen molar-refractivity contribution in [2.75, 3.05) is 38.6 Å². The monoisotopic (exact) mass is 517 g/mol. The van der Waals surface area contributed by atoms with Crippen molar-refractivity contribution in [1.29, 1.82) is 0 Å². The number of carbonyl (C=O) groups excluding carboxylic acids is 1. The molecule has 0 aliphatic carbocycles. The average Bonchev–Trinajstić information content (AvgIpc) is 3.07.